The largest absolute Gasteiger partial charge is 0.497 e. The molecule has 1 aromatic carbocycles. The first-order valence-corrected chi connectivity index (χ1v) is 9.34. The Bertz CT molecular complexity index is 708. The lowest BCUT2D eigenvalue weighted by Gasteiger charge is -2.32. The fourth-order valence-electron chi connectivity index (χ4n) is 2.81. The number of amides is 2. The molecule has 148 valence electrons. The molecule has 2 saturated heterocycles. The van der Waals surface area contributed by atoms with E-state index in [2.05, 4.69) is 10.6 Å². The number of piperidine rings is 1. The van der Waals surface area contributed by atoms with Gasteiger partial charge in [-0.2, -0.15) is 0 Å². The quantitative estimate of drug-likeness (QED) is 0.624. The number of imide groups is 1. The van der Waals surface area contributed by atoms with Crippen LogP contribution < -0.4 is 16.1 Å². The topological polar surface area (TPSA) is 76.7 Å². The molecule has 1 unspecified atom stereocenters. The van der Waals surface area contributed by atoms with Crippen molar-refractivity contribution >= 4 is 30.1 Å². The third-order valence-electron chi connectivity index (χ3n) is 5.09. The summed E-state index contributed by atoms with van der Waals surface area (Å²) in [6.45, 7) is 11.6. The monoisotopic (exact) mass is 378 g/mol. The third kappa shape index (κ3) is 4.50. The second-order valence-electron chi connectivity index (χ2n) is 7.47. The van der Waals surface area contributed by atoms with Gasteiger partial charge in [-0.3, -0.25) is 14.9 Å². The van der Waals surface area contributed by atoms with Gasteiger partial charge in [-0.15, -0.1) is 0 Å². The van der Waals surface area contributed by atoms with Crippen LogP contribution in [0.3, 0.4) is 0 Å². The number of rotatable bonds is 3. The Hall–Kier alpha value is -1.93. The minimum Gasteiger partial charge on any atom is -0.399 e. The molecule has 0 spiro atoms. The summed E-state index contributed by atoms with van der Waals surface area (Å²) in [5, 5.41) is 5.22. The lowest BCUT2D eigenvalue weighted by Crippen LogP contribution is -2.47. The van der Waals surface area contributed by atoms with E-state index in [-0.39, 0.29) is 12.3 Å². The molecule has 6 nitrogen and oxygen atoms in total. The summed E-state index contributed by atoms with van der Waals surface area (Å²) < 4.78 is 26.3. The fourth-order valence-corrected chi connectivity index (χ4v) is 2.81. The molecule has 1 aromatic rings. The van der Waals surface area contributed by atoms with Gasteiger partial charge in [-0.1, -0.05) is 19.9 Å². The first-order chi connectivity index (χ1) is 12.6. The molecule has 1 atom stereocenters. The fraction of sp³-hybridized carbons (Fsp3) is 0.579. The zero-order valence-electron chi connectivity index (χ0n) is 16.8. The molecule has 2 fully saturated rings. The van der Waals surface area contributed by atoms with Crippen LogP contribution in [0.1, 0.15) is 54.4 Å². The van der Waals surface area contributed by atoms with E-state index in [0.717, 1.165) is 0 Å². The molecule has 3 rings (SSSR count). The molecule has 0 aliphatic carbocycles. The van der Waals surface area contributed by atoms with Crippen LogP contribution in [-0.4, -0.2) is 36.2 Å². The second-order valence-corrected chi connectivity index (χ2v) is 7.47. The molecule has 0 radical (unpaired) electrons. The zero-order chi connectivity index (χ0) is 20.4. The molecule has 2 amide bonds. The Morgan fingerprint density at radius 1 is 1.15 bits per heavy atom. The van der Waals surface area contributed by atoms with Gasteiger partial charge in [0.15, 0.2) is 0 Å². The minimum absolute atomic E-state index is 0.262. The third-order valence-corrected chi connectivity index (χ3v) is 5.09. The van der Waals surface area contributed by atoms with E-state index < -0.39 is 36.1 Å². The molecular formula is C19H28BFN2O4. The van der Waals surface area contributed by atoms with Crippen molar-refractivity contribution in [3.63, 3.8) is 0 Å². The summed E-state index contributed by atoms with van der Waals surface area (Å²) in [5.74, 6) is -1.16. The first-order valence-electron chi connectivity index (χ1n) is 9.34. The predicted molar refractivity (Wildman–Crippen MR) is 103 cm³/mol. The standard InChI is InChI=1S/C17H22BFN2O4.C2H6/c1-16(2)17(3,4)25-18(24-16)11-6-5-10(9-12(11)19)20-13-7-8-14(22)21-15(13)23;1-2/h5-6,9,13,20H,7-8H2,1-4H3,(H,21,22,23);1-2H3. The van der Waals surface area contributed by atoms with Crippen molar-refractivity contribution in [1.82, 2.24) is 5.32 Å². The highest BCUT2D eigenvalue weighted by Gasteiger charge is 2.52. The summed E-state index contributed by atoms with van der Waals surface area (Å²) >= 11 is 0. The van der Waals surface area contributed by atoms with Gasteiger partial charge in [-0.05, 0) is 46.2 Å². The van der Waals surface area contributed by atoms with Gasteiger partial charge in [0, 0.05) is 17.6 Å². The Morgan fingerprint density at radius 2 is 1.74 bits per heavy atom. The van der Waals surface area contributed by atoms with Crippen LogP contribution in [-0.2, 0) is 18.9 Å². The summed E-state index contributed by atoms with van der Waals surface area (Å²) in [6.07, 6.45) is 0.642. The van der Waals surface area contributed by atoms with Gasteiger partial charge >= 0.3 is 7.12 Å². The SMILES string of the molecule is CC.CC1(C)OB(c2ccc(NC3CCC(=O)NC3=O)cc2F)OC1(C)C. The number of halogens is 1. The molecule has 2 aliphatic heterocycles. The van der Waals surface area contributed by atoms with Gasteiger partial charge in [0.05, 0.1) is 11.2 Å². The van der Waals surface area contributed by atoms with Crippen molar-refractivity contribution in [2.45, 2.75) is 71.6 Å². The molecule has 0 bridgehead atoms. The second kappa shape index (κ2) is 7.98. The lowest BCUT2D eigenvalue weighted by atomic mass is 9.78. The molecule has 2 N–H and O–H groups in total. The molecule has 2 aliphatic rings. The molecule has 0 saturated carbocycles. The lowest BCUT2D eigenvalue weighted by molar-refractivity contribution is -0.133. The number of anilines is 1. The summed E-state index contributed by atoms with van der Waals surface area (Å²) in [4.78, 5) is 23.0. The first kappa shape index (κ1) is 21.4. The van der Waals surface area contributed by atoms with Gasteiger partial charge in [0.25, 0.3) is 0 Å². The van der Waals surface area contributed by atoms with E-state index in [9.17, 15) is 14.0 Å². The highest BCUT2D eigenvalue weighted by atomic mass is 19.1. The normalized spacial score (nSPS) is 23.4. The van der Waals surface area contributed by atoms with Crippen molar-refractivity contribution in [2.75, 3.05) is 5.32 Å². The Balaban J connectivity index is 0.00000126. The highest BCUT2D eigenvalue weighted by molar-refractivity contribution is 6.62. The number of benzene rings is 1. The maximum Gasteiger partial charge on any atom is 0.497 e. The van der Waals surface area contributed by atoms with E-state index in [0.29, 0.717) is 17.6 Å². The highest BCUT2D eigenvalue weighted by Crippen LogP contribution is 2.36. The van der Waals surface area contributed by atoms with Crippen LogP contribution in [0.4, 0.5) is 10.1 Å². The number of hydrogen-bond acceptors (Lipinski definition) is 5. The average Bonchev–Trinajstić information content (AvgIpc) is 2.80. The molecular weight excluding hydrogens is 350 g/mol. The van der Waals surface area contributed by atoms with E-state index in [1.165, 1.54) is 6.07 Å². The van der Waals surface area contributed by atoms with E-state index in [1.54, 1.807) is 12.1 Å². The van der Waals surface area contributed by atoms with Gasteiger partial charge in [0.2, 0.25) is 11.8 Å². The minimum atomic E-state index is -0.783. The van der Waals surface area contributed by atoms with Crippen molar-refractivity contribution in [2.24, 2.45) is 0 Å². The number of carbonyl (C=O) groups excluding carboxylic acids is 2. The Morgan fingerprint density at radius 3 is 2.26 bits per heavy atom. The van der Waals surface area contributed by atoms with Crippen LogP contribution in [0.2, 0.25) is 0 Å². The number of nitrogens with one attached hydrogen (secondary N) is 2. The summed E-state index contributed by atoms with van der Waals surface area (Å²) in [6, 6.07) is 4.02. The van der Waals surface area contributed by atoms with Crippen LogP contribution in [0.5, 0.6) is 0 Å². The average molecular weight is 378 g/mol. The van der Waals surface area contributed by atoms with Crippen molar-refractivity contribution in [3.8, 4) is 0 Å². The smallest absolute Gasteiger partial charge is 0.399 e. The van der Waals surface area contributed by atoms with E-state index in [1.807, 2.05) is 41.5 Å². The maximum atomic E-state index is 14.6. The molecule has 27 heavy (non-hydrogen) atoms. The molecule has 8 heteroatoms. The van der Waals surface area contributed by atoms with E-state index >= 15 is 0 Å². The summed E-state index contributed by atoms with van der Waals surface area (Å²) in [5.41, 5.74) is -0.318. The zero-order valence-corrected chi connectivity index (χ0v) is 16.8. The van der Waals surface area contributed by atoms with Crippen LogP contribution in [0.15, 0.2) is 18.2 Å². The Kier molecular flexibility index (Phi) is 6.32. The molecule has 2 heterocycles. The van der Waals surface area contributed by atoms with Crippen LogP contribution in [0.25, 0.3) is 0 Å². The van der Waals surface area contributed by atoms with Gasteiger partial charge in [-0.25, -0.2) is 4.39 Å². The Labute approximate surface area is 160 Å². The summed E-state index contributed by atoms with van der Waals surface area (Å²) in [7, 11) is -0.783. The molecule has 0 aromatic heterocycles. The maximum absolute atomic E-state index is 14.6. The van der Waals surface area contributed by atoms with Crippen LogP contribution in [0, 0.1) is 5.82 Å². The predicted octanol–water partition coefficient (Wildman–Crippen LogP) is 2.37. The number of hydrogen-bond donors (Lipinski definition) is 2. The van der Waals surface area contributed by atoms with Crippen molar-refractivity contribution in [3.05, 3.63) is 24.0 Å². The van der Waals surface area contributed by atoms with Crippen molar-refractivity contribution in [1.29, 1.82) is 0 Å². The van der Waals surface area contributed by atoms with E-state index in [4.69, 9.17) is 9.31 Å². The van der Waals surface area contributed by atoms with Gasteiger partial charge in [0.1, 0.15) is 11.9 Å². The van der Waals surface area contributed by atoms with Crippen molar-refractivity contribution < 1.29 is 23.3 Å². The number of carbonyl (C=O) groups is 2. The van der Waals surface area contributed by atoms with Crippen LogP contribution >= 0.6 is 0 Å². The van der Waals surface area contributed by atoms with Gasteiger partial charge < -0.3 is 14.6 Å².